The summed E-state index contributed by atoms with van der Waals surface area (Å²) in [6.07, 6.45) is 9.18. The van der Waals surface area contributed by atoms with Crippen LogP contribution in [-0.4, -0.2) is 38.5 Å². The average Bonchev–Trinajstić information content (AvgIpc) is 3.09. The molecule has 2 heterocycles. The molecule has 1 aliphatic carbocycles. The summed E-state index contributed by atoms with van der Waals surface area (Å²) in [5.41, 5.74) is 1.17. The van der Waals surface area contributed by atoms with Gasteiger partial charge in [-0.3, -0.25) is 9.58 Å². The molecule has 3 unspecified atom stereocenters. The predicted molar refractivity (Wildman–Crippen MR) is 84.0 cm³/mol. The number of hydrogen-bond acceptors (Lipinski definition) is 3. The largest absolute Gasteiger partial charge is 0.393 e. The average molecular weight is 291 g/mol. The van der Waals surface area contributed by atoms with Crippen LogP contribution in [0.4, 0.5) is 0 Å². The molecule has 21 heavy (non-hydrogen) atoms. The smallest absolute Gasteiger partial charge is 0.0764 e. The molecule has 0 bridgehead atoms. The maximum Gasteiger partial charge on any atom is 0.0764 e. The van der Waals surface area contributed by atoms with Crippen molar-refractivity contribution in [2.45, 2.75) is 77.1 Å². The van der Waals surface area contributed by atoms with Gasteiger partial charge in [0.2, 0.25) is 0 Å². The van der Waals surface area contributed by atoms with Crippen LogP contribution in [0.3, 0.4) is 0 Å². The fourth-order valence-electron chi connectivity index (χ4n) is 4.08. The lowest BCUT2D eigenvalue weighted by atomic mass is 9.80. The second-order valence-electron chi connectivity index (χ2n) is 7.08. The lowest BCUT2D eigenvalue weighted by molar-refractivity contribution is 0.0198. The van der Waals surface area contributed by atoms with E-state index in [1.807, 2.05) is 4.68 Å². The summed E-state index contributed by atoms with van der Waals surface area (Å²) >= 11 is 0. The van der Waals surface area contributed by atoms with Crippen molar-refractivity contribution in [2.24, 2.45) is 5.92 Å². The van der Waals surface area contributed by atoms with E-state index in [-0.39, 0.29) is 6.10 Å². The minimum Gasteiger partial charge on any atom is -0.393 e. The Morgan fingerprint density at radius 1 is 1.24 bits per heavy atom. The normalized spacial score (nSPS) is 31.1. The number of rotatable bonds is 4. The minimum absolute atomic E-state index is 0.0856. The van der Waals surface area contributed by atoms with Crippen molar-refractivity contribution in [3.63, 3.8) is 0 Å². The van der Waals surface area contributed by atoms with Gasteiger partial charge < -0.3 is 5.11 Å². The zero-order chi connectivity index (χ0) is 14.8. The van der Waals surface area contributed by atoms with E-state index in [0.29, 0.717) is 18.0 Å². The van der Waals surface area contributed by atoms with Gasteiger partial charge >= 0.3 is 0 Å². The molecule has 1 saturated heterocycles. The number of aromatic nitrogens is 2. The molecule has 118 valence electrons. The summed E-state index contributed by atoms with van der Waals surface area (Å²) in [5, 5.41) is 15.0. The molecule has 0 amide bonds. The molecular weight excluding hydrogens is 262 g/mol. The maximum absolute atomic E-state index is 10.3. The molecule has 1 aromatic heterocycles. The molecule has 3 atom stereocenters. The Labute approximate surface area is 128 Å². The van der Waals surface area contributed by atoms with Crippen LogP contribution in [0.25, 0.3) is 0 Å². The first-order chi connectivity index (χ1) is 10.1. The van der Waals surface area contributed by atoms with E-state index in [1.165, 1.54) is 37.8 Å². The van der Waals surface area contributed by atoms with Crippen molar-refractivity contribution >= 4 is 0 Å². The Bertz CT molecular complexity index is 457. The van der Waals surface area contributed by atoms with Crippen LogP contribution in [0.5, 0.6) is 0 Å². The Balaban J connectivity index is 1.65. The molecule has 1 saturated carbocycles. The third-order valence-electron chi connectivity index (χ3n) is 5.25. The number of aliphatic hydroxyl groups excluding tert-OH is 1. The highest BCUT2D eigenvalue weighted by atomic mass is 16.3. The molecule has 0 aromatic carbocycles. The lowest BCUT2D eigenvalue weighted by Crippen LogP contribution is -2.42. The number of hydrogen-bond donors (Lipinski definition) is 1. The summed E-state index contributed by atoms with van der Waals surface area (Å²) in [4.78, 5) is 2.56. The zero-order valence-corrected chi connectivity index (χ0v) is 13.4. The van der Waals surface area contributed by atoms with Gasteiger partial charge in [0.1, 0.15) is 0 Å². The molecule has 1 N–H and O–H groups in total. The van der Waals surface area contributed by atoms with Crippen molar-refractivity contribution in [3.8, 4) is 0 Å². The fourth-order valence-corrected chi connectivity index (χ4v) is 4.08. The van der Waals surface area contributed by atoms with Crippen LogP contribution in [0.1, 0.15) is 64.1 Å². The maximum atomic E-state index is 10.3. The van der Waals surface area contributed by atoms with Crippen molar-refractivity contribution in [3.05, 3.63) is 18.0 Å². The fraction of sp³-hybridized carbons (Fsp3) is 0.824. The quantitative estimate of drug-likeness (QED) is 0.927. The summed E-state index contributed by atoms with van der Waals surface area (Å²) in [5.74, 6) is 0.480. The topological polar surface area (TPSA) is 41.3 Å². The Morgan fingerprint density at radius 3 is 2.76 bits per heavy atom. The summed E-state index contributed by atoms with van der Waals surface area (Å²) in [6, 6.07) is 3.13. The highest BCUT2D eigenvalue weighted by Gasteiger charge is 2.36. The third kappa shape index (κ3) is 3.32. The van der Waals surface area contributed by atoms with Gasteiger partial charge in [0.25, 0.3) is 0 Å². The van der Waals surface area contributed by atoms with Crippen LogP contribution >= 0.6 is 0 Å². The molecule has 1 aliphatic heterocycles. The molecule has 4 heteroatoms. The predicted octanol–water partition coefficient (Wildman–Crippen LogP) is 2.98. The highest BCUT2D eigenvalue weighted by molar-refractivity contribution is 5.02. The molecule has 3 rings (SSSR count). The third-order valence-corrected chi connectivity index (χ3v) is 5.25. The van der Waals surface area contributed by atoms with Crippen molar-refractivity contribution in [1.82, 2.24) is 14.7 Å². The van der Waals surface area contributed by atoms with Gasteiger partial charge in [-0.2, -0.15) is 5.10 Å². The Kier molecular flexibility index (Phi) is 4.65. The summed E-state index contributed by atoms with van der Waals surface area (Å²) < 4.78 is 2.04. The number of likely N-dealkylation sites (tertiary alicyclic amines) is 1. The second-order valence-corrected chi connectivity index (χ2v) is 7.08. The summed E-state index contributed by atoms with van der Waals surface area (Å²) in [7, 11) is 0. The molecule has 1 aromatic rings. The molecule has 0 spiro atoms. The highest BCUT2D eigenvalue weighted by Crippen LogP contribution is 2.35. The monoisotopic (exact) mass is 291 g/mol. The van der Waals surface area contributed by atoms with Crippen molar-refractivity contribution in [1.29, 1.82) is 0 Å². The second kappa shape index (κ2) is 6.49. The van der Waals surface area contributed by atoms with Crippen molar-refractivity contribution < 1.29 is 5.11 Å². The van der Waals surface area contributed by atoms with Gasteiger partial charge in [-0.05, 0) is 52.1 Å². The molecular formula is C17H29N3O. The Morgan fingerprint density at radius 2 is 2.05 bits per heavy atom. The van der Waals surface area contributed by atoms with E-state index in [2.05, 4.69) is 36.1 Å². The van der Waals surface area contributed by atoms with Crippen LogP contribution in [0.2, 0.25) is 0 Å². The van der Waals surface area contributed by atoms with Crippen LogP contribution in [0.15, 0.2) is 12.3 Å². The molecule has 0 radical (unpaired) electrons. The van der Waals surface area contributed by atoms with Gasteiger partial charge in [-0.1, -0.05) is 12.8 Å². The van der Waals surface area contributed by atoms with Gasteiger partial charge in [-0.25, -0.2) is 0 Å². The number of aliphatic hydroxyl groups is 1. The first kappa shape index (κ1) is 15.0. The molecule has 4 nitrogen and oxygen atoms in total. The first-order valence-electron chi connectivity index (χ1n) is 8.61. The van der Waals surface area contributed by atoms with Crippen LogP contribution < -0.4 is 0 Å². The zero-order valence-electron chi connectivity index (χ0n) is 13.4. The van der Waals surface area contributed by atoms with E-state index in [0.717, 1.165) is 19.5 Å². The van der Waals surface area contributed by atoms with E-state index < -0.39 is 0 Å². The van der Waals surface area contributed by atoms with E-state index in [9.17, 15) is 5.11 Å². The standard InChI is InChI=1S/C17H29N3O/c1-13(2)20-11-9-14(18-20)12-19-10-5-7-16(19)15-6-3-4-8-17(15)21/h9,11,13,15-17,21H,3-8,10,12H2,1-2H3. The first-order valence-corrected chi connectivity index (χ1v) is 8.61. The molecule has 2 fully saturated rings. The van der Waals surface area contributed by atoms with E-state index in [1.54, 1.807) is 0 Å². The SMILES string of the molecule is CC(C)n1ccc(CN2CCCC2C2CCCCC2O)n1. The van der Waals surface area contributed by atoms with Crippen LogP contribution in [-0.2, 0) is 6.54 Å². The van der Waals surface area contributed by atoms with Gasteiger partial charge in [-0.15, -0.1) is 0 Å². The Hall–Kier alpha value is -0.870. The minimum atomic E-state index is -0.0856. The molecule has 2 aliphatic rings. The van der Waals surface area contributed by atoms with Gasteiger partial charge in [0, 0.05) is 30.7 Å². The summed E-state index contributed by atoms with van der Waals surface area (Å²) in [6.45, 7) is 6.41. The lowest BCUT2D eigenvalue weighted by Gasteiger charge is -2.37. The van der Waals surface area contributed by atoms with Crippen molar-refractivity contribution in [2.75, 3.05) is 6.54 Å². The van der Waals surface area contributed by atoms with Gasteiger partial charge in [0.15, 0.2) is 0 Å². The van der Waals surface area contributed by atoms with Crippen LogP contribution in [0, 0.1) is 5.92 Å². The van der Waals surface area contributed by atoms with E-state index >= 15 is 0 Å². The van der Waals surface area contributed by atoms with Gasteiger partial charge in [0.05, 0.1) is 11.8 Å². The van der Waals surface area contributed by atoms with E-state index in [4.69, 9.17) is 0 Å². The number of nitrogens with zero attached hydrogens (tertiary/aromatic N) is 3.